The van der Waals surface area contributed by atoms with E-state index >= 15 is 0 Å². The van der Waals surface area contributed by atoms with Gasteiger partial charge in [0.2, 0.25) is 0 Å². The molecule has 0 bridgehead atoms. The molecule has 0 radical (unpaired) electrons. The molecule has 19 heavy (non-hydrogen) atoms. The van der Waals surface area contributed by atoms with Crippen molar-refractivity contribution in [1.82, 2.24) is 0 Å². The van der Waals surface area contributed by atoms with Crippen LogP contribution in [-0.2, 0) is 6.42 Å². The average molecular weight is 514 g/mol. The zero-order valence-corrected chi connectivity index (χ0v) is 15.7. The number of hydrogen-bond acceptors (Lipinski definition) is 1. The van der Waals surface area contributed by atoms with Crippen LogP contribution in [0.1, 0.15) is 15.9 Å². The van der Waals surface area contributed by atoms with Crippen LogP contribution < -0.4 is 0 Å². The molecule has 0 spiro atoms. The number of Topliss-reactive ketones (excluding diaryl/α,β-unsaturated/α-hetero) is 1. The summed E-state index contributed by atoms with van der Waals surface area (Å²) in [4.78, 5) is 12.3. The Kier molecular flexibility index (Phi) is 5.45. The van der Waals surface area contributed by atoms with Crippen molar-refractivity contribution in [3.05, 3.63) is 65.1 Å². The first kappa shape index (κ1) is 15.5. The smallest absolute Gasteiger partial charge is 0.168 e. The number of carbonyl (C=O) groups excluding carboxylic acids is 1. The fourth-order valence-corrected chi connectivity index (χ4v) is 3.38. The van der Waals surface area contributed by atoms with Gasteiger partial charge in [-0.05, 0) is 58.5 Å². The zero-order chi connectivity index (χ0) is 14.0. The van der Waals surface area contributed by atoms with Crippen molar-refractivity contribution in [3.8, 4) is 0 Å². The van der Waals surface area contributed by atoms with E-state index in [-0.39, 0.29) is 5.78 Å². The van der Waals surface area contributed by atoms with E-state index in [0.29, 0.717) is 17.0 Å². The maximum Gasteiger partial charge on any atom is 0.168 e. The van der Waals surface area contributed by atoms with E-state index in [1.807, 2.05) is 30.3 Å². The summed E-state index contributed by atoms with van der Waals surface area (Å²) in [5.74, 6) is 0.0647. The van der Waals surface area contributed by atoms with Crippen LogP contribution in [0.5, 0.6) is 0 Å². The van der Waals surface area contributed by atoms with Crippen LogP contribution >= 0.6 is 66.1 Å². The highest BCUT2D eigenvalue weighted by Gasteiger charge is 2.13. The van der Waals surface area contributed by atoms with Gasteiger partial charge in [0.05, 0.1) is 0 Å². The van der Waals surface area contributed by atoms with Gasteiger partial charge in [-0.25, -0.2) is 0 Å². The average Bonchev–Trinajstić information content (AvgIpc) is 2.35. The zero-order valence-electron chi connectivity index (χ0n) is 9.59. The monoisotopic (exact) mass is 512 g/mol. The van der Waals surface area contributed by atoms with Gasteiger partial charge in [-0.2, -0.15) is 0 Å². The summed E-state index contributed by atoms with van der Waals surface area (Å²) >= 11 is 15.0. The third kappa shape index (κ3) is 4.03. The molecule has 2 aromatic carbocycles. The summed E-state index contributed by atoms with van der Waals surface area (Å²) in [6, 6.07) is 11.2. The van der Waals surface area contributed by atoms with E-state index in [1.54, 1.807) is 6.07 Å². The van der Waals surface area contributed by atoms with Gasteiger partial charge in [0, 0.05) is 29.5 Å². The lowest BCUT2D eigenvalue weighted by Crippen LogP contribution is -2.06. The van der Waals surface area contributed by atoms with Crippen LogP contribution in [0, 0.1) is 3.57 Å². The van der Waals surface area contributed by atoms with Gasteiger partial charge >= 0.3 is 0 Å². The van der Waals surface area contributed by atoms with Crippen LogP contribution in [0.2, 0.25) is 5.02 Å². The third-order valence-corrected chi connectivity index (χ3v) is 4.87. The van der Waals surface area contributed by atoms with Crippen LogP contribution in [0.4, 0.5) is 0 Å². The van der Waals surface area contributed by atoms with E-state index in [1.165, 1.54) is 0 Å². The van der Waals surface area contributed by atoms with Gasteiger partial charge in [-0.1, -0.05) is 49.5 Å². The van der Waals surface area contributed by atoms with Crippen LogP contribution in [0.3, 0.4) is 0 Å². The molecule has 0 fully saturated rings. The Balaban J connectivity index is 2.28. The third-order valence-electron chi connectivity index (χ3n) is 2.59. The van der Waals surface area contributed by atoms with Crippen molar-refractivity contribution < 1.29 is 4.79 Å². The standard InChI is InChI=1S/C14H8Br2ClIO/c15-9-3-4-13(18)11(6-9)14(19)5-8-1-2-10(16)7-12(8)17/h1-4,6-7H,5H2. The van der Waals surface area contributed by atoms with Crippen molar-refractivity contribution in [2.24, 2.45) is 0 Å². The predicted molar refractivity (Wildman–Crippen MR) is 94.0 cm³/mol. The lowest BCUT2D eigenvalue weighted by atomic mass is 10.0. The van der Waals surface area contributed by atoms with Gasteiger partial charge in [0.25, 0.3) is 0 Å². The molecular weight excluding hydrogens is 506 g/mol. The second kappa shape index (κ2) is 6.70. The first-order valence-electron chi connectivity index (χ1n) is 5.39. The predicted octanol–water partition coefficient (Wildman–Crippen LogP) is 5.90. The second-order valence-electron chi connectivity index (χ2n) is 3.96. The fraction of sp³-hybridized carbons (Fsp3) is 0.0714. The van der Waals surface area contributed by atoms with Gasteiger partial charge in [0.15, 0.2) is 5.78 Å². The number of rotatable bonds is 3. The minimum atomic E-state index is 0.0647. The van der Waals surface area contributed by atoms with Crippen molar-refractivity contribution in [2.75, 3.05) is 0 Å². The number of halogens is 4. The molecule has 0 atom stereocenters. The summed E-state index contributed by atoms with van der Waals surface area (Å²) in [6.45, 7) is 0. The maximum atomic E-state index is 12.3. The van der Waals surface area contributed by atoms with Crippen LogP contribution in [0.25, 0.3) is 0 Å². The highest BCUT2D eigenvalue weighted by molar-refractivity contribution is 14.1. The molecule has 0 aromatic heterocycles. The molecule has 0 saturated carbocycles. The van der Waals surface area contributed by atoms with Crippen molar-refractivity contribution in [3.63, 3.8) is 0 Å². The van der Waals surface area contributed by atoms with Gasteiger partial charge < -0.3 is 0 Å². The lowest BCUT2D eigenvalue weighted by molar-refractivity contribution is 0.0992. The number of hydrogen-bond donors (Lipinski definition) is 0. The number of ketones is 1. The van der Waals surface area contributed by atoms with Gasteiger partial charge in [0.1, 0.15) is 0 Å². The molecule has 0 unspecified atom stereocenters. The molecule has 0 heterocycles. The van der Waals surface area contributed by atoms with Gasteiger partial charge in [-0.15, -0.1) is 0 Å². The minimum absolute atomic E-state index is 0.0647. The summed E-state index contributed by atoms with van der Waals surface area (Å²) in [5.41, 5.74) is 1.56. The topological polar surface area (TPSA) is 17.1 Å². The normalized spacial score (nSPS) is 10.5. The molecule has 2 aromatic rings. The summed E-state index contributed by atoms with van der Waals surface area (Å²) in [7, 11) is 0. The first-order chi connectivity index (χ1) is 8.97. The molecule has 0 aliphatic carbocycles. The molecule has 2 rings (SSSR count). The summed E-state index contributed by atoms with van der Waals surface area (Å²) < 4.78 is 2.75. The largest absolute Gasteiger partial charge is 0.294 e. The Labute approximate surface area is 147 Å². The lowest BCUT2D eigenvalue weighted by Gasteiger charge is -2.07. The molecule has 0 saturated heterocycles. The number of carbonyl (C=O) groups is 1. The quantitative estimate of drug-likeness (QED) is 0.369. The first-order valence-corrected chi connectivity index (χ1v) is 8.44. The van der Waals surface area contributed by atoms with E-state index in [2.05, 4.69) is 54.5 Å². The molecule has 0 N–H and O–H groups in total. The molecule has 0 amide bonds. The Morgan fingerprint density at radius 1 is 1.11 bits per heavy atom. The van der Waals surface area contributed by atoms with E-state index in [9.17, 15) is 4.79 Å². The minimum Gasteiger partial charge on any atom is -0.294 e. The Morgan fingerprint density at radius 3 is 2.42 bits per heavy atom. The highest BCUT2D eigenvalue weighted by atomic mass is 127. The SMILES string of the molecule is O=C(Cc1ccc(Br)cc1Cl)c1cc(Br)ccc1I. The summed E-state index contributed by atoms with van der Waals surface area (Å²) in [6.07, 6.45) is 0.304. The molecule has 0 aliphatic heterocycles. The summed E-state index contributed by atoms with van der Waals surface area (Å²) in [5, 5.41) is 0.604. The van der Waals surface area contributed by atoms with Crippen LogP contribution in [0.15, 0.2) is 45.3 Å². The van der Waals surface area contributed by atoms with E-state index < -0.39 is 0 Å². The molecular formula is C14H8Br2ClIO. The van der Waals surface area contributed by atoms with Crippen molar-refractivity contribution in [2.45, 2.75) is 6.42 Å². The maximum absolute atomic E-state index is 12.3. The second-order valence-corrected chi connectivity index (χ2v) is 7.36. The van der Waals surface area contributed by atoms with Crippen molar-refractivity contribution in [1.29, 1.82) is 0 Å². The Morgan fingerprint density at radius 2 is 1.74 bits per heavy atom. The number of benzene rings is 2. The van der Waals surface area contributed by atoms with Crippen molar-refractivity contribution >= 4 is 71.8 Å². The Hall–Kier alpha value is 0.0900. The highest BCUT2D eigenvalue weighted by Crippen LogP contribution is 2.24. The van der Waals surface area contributed by atoms with E-state index in [0.717, 1.165) is 18.1 Å². The fourth-order valence-electron chi connectivity index (χ4n) is 1.64. The molecule has 98 valence electrons. The van der Waals surface area contributed by atoms with Gasteiger partial charge in [-0.3, -0.25) is 4.79 Å². The molecule has 5 heteroatoms. The molecule has 1 nitrogen and oxygen atoms in total. The van der Waals surface area contributed by atoms with Crippen LogP contribution in [-0.4, -0.2) is 5.78 Å². The molecule has 0 aliphatic rings. The Bertz CT molecular complexity index is 643. The van der Waals surface area contributed by atoms with E-state index in [4.69, 9.17) is 11.6 Å².